The van der Waals surface area contributed by atoms with E-state index in [4.69, 9.17) is 14.5 Å². The molecule has 1 aromatic heterocycles. The van der Waals surface area contributed by atoms with E-state index in [0.29, 0.717) is 18.0 Å². The zero-order valence-electron chi connectivity index (χ0n) is 19.3. The van der Waals surface area contributed by atoms with Crippen LogP contribution in [0.1, 0.15) is 18.2 Å². The van der Waals surface area contributed by atoms with E-state index in [9.17, 15) is 14.3 Å². The Balaban J connectivity index is 1.36. The van der Waals surface area contributed by atoms with Crippen molar-refractivity contribution in [2.45, 2.75) is 25.0 Å². The minimum Gasteiger partial charge on any atom is -0.497 e. The van der Waals surface area contributed by atoms with E-state index in [2.05, 4.69) is 0 Å². The number of nitrogens with zero attached hydrogens (tertiary/aromatic N) is 3. The van der Waals surface area contributed by atoms with Crippen molar-refractivity contribution in [1.29, 1.82) is 0 Å². The topological polar surface area (TPSA) is 76.8 Å². The van der Waals surface area contributed by atoms with Crippen molar-refractivity contribution < 1.29 is 23.8 Å². The monoisotopic (exact) mass is 475 g/mol. The third-order valence-electron chi connectivity index (χ3n) is 6.19. The van der Waals surface area contributed by atoms with Crippen LogP contribution in [0.5, 0.6) is 11.5 Å². The quantitative estimate of drug-likeness (QED) is 0.415. The van der Waals surface area contributed by atoms with Gasteiger partial charge in [-0.3, -0.25) is 4.79 Å². The third kappa shape index (κ3) is 4.83. The Morgan fingerprint density at radius 1 is 1.09 bits per heavy atom. The molecule has 0 aliphatic carbocycles. The number of aliphatic hydroxyl groups excluding tert-OH is 1. The van der Waals surface area contributed by atoms with Gasteiger partial charge in [0.25, 0.3) is 0 Å². The fraction of sp³-hybridized carbons (Fsp3) is 0.259. The number of benzene rings is 3. The molecule has 180 valence electrons. The summed E-state index contributed by atoms with van der Waals surface area (Å²) in [5.41, 5.74) is 2.21. The first-order valence-electron chi connectivity index (χ1n) is 11.5. The van der Waals surface area contributed by atoms with Crippen molar-refractivity contribution in [3.63, 3.8) is 0 Å². The molecule has 5 rings (SSSR count). The van der Waals surface area contributed by atoms with Crippen LogP contribution in [-0.4, -0.2) is 46.9 Å². The molecule has 3 aromatic carbocycles. The number of carbonyl (C=O) groups is 1. The van der Waals surface area contributed by atoms with Crippen LogP contribution in [0.15, 0.2) is 72.8 Å². The fourth-order valence-corrected chi connectivity index (χ4v) is 4.50. The zero-order chi connectivity index (χ0) is 24.4. The first-order chi connectivity index (χ1) is 17.0. The van der Waals surface area contributed by atoms with Gasteiger partial charge in [0.2, 0.25) is 5.91 Å². The number of carbonyl (C=O) groups excluding carboxylic acids is 1. The van der Waals surface area contributed by atoms with Crippen LogP contribution in [0.25, 0.3) is 11.0 Å². The average molecular weight is 476 g/mol. The number of methoxy groups -OCH3 is 1. The van der Waals surface area contributed by atoms with E-state index >= 15 is 0 Å². The first-order valence-corrected chi connectivity index (χ1v) is 11.5. The summed E-state index contributed by atoms with van der Waals surface area (Å²) in [5, 5.41) is 10.8. The van der Waals surface area contributed by atoms with Crippen LogP contribution in [0.2, 0.25) is 0 Å². The zero-order valence-corrected chi connectivity index (χ0v) is 19.3. The standard InChI is InChI=1S/C27H26FN3O4/c1-34-22-9-11-23(12-10-22)35-17-21(32)16-31-25-8-3-2-7-24(25)29-27(31)18-13-26(33)30(15-18)20-6-4-5-19(28)14-20/h2-12,14,18,21,32H,13,15-17H2,1H3/t18-,21+/m0/s1. The molecule has 7 nitrogen and oxygen atoms in total. The maximum absolute atomic E-state index is 13.7. The molecule has 1 aliphatic rings. The van der Waals surface area contributed by atoms with Crippen LogP contribution in [0.4, 0.5) is 10.1 Å². The number of amides is 1. The molecule has 2 heterocycles. The second kappa shape index (κ2) is 9.76. The molecule has 1 fully saturated rings. The summed E-state index contributed by atoms with van der Waals surface area (Å²) in [6.45, 7) is 0.748. The Hall–Kier alpha value is -3.91. The van der Waals surface area contributed by atoms with Gasteiger partial charge in [-0.15, -0.1) is 0 Å². The molecule has 1 N–H and O–H groups in total. The lowest BCUT2D eigenvalue weighted by atomic mass is 10.1. The molecule has 2 atom stereocenters. The minimum atomic E-state index is -0.801. The van der Waals surface area contributed by atoms with Crippen molar-refractivity contribution in [2.24, 2.45) is 0 Å². The van der Waals surface area contributed by atoms with Crippen molar-refractivity contribution >= 4 is 22.6 Å². The number of aromatic nitrogens is 2. The van der Waals surface area contributed by atoms with Gasteiger partial charge in [0.15, 0.2) is 0 Å². The average Bonchev–Trinajstić information content (AvgIpc) is 3.43. The number of aliphatic hydroxyl groups is 1. The van der Waals surface area contributed by atoms with Gasteiger partial charge in [-0.05, 0) is 54.6 Å². The van der Waals surface area contributed by atoms with E-state index in [1.54, 1.807) is 48.4 Å². The Morgan fingerprint density at radius 2 is 1.86 bits per heavy atom. The molecule has 0 unspecified atom stereocenters. The van der Waals surface area contributed by atoms with Gasteiger partial charge in [0.05, 0.1) is 24.7 Å². The largest absolute Gasteiger partial charge is 0.497 e. The lowest BCUT2D eigenvalue weighted by Gasteiger charge is -2.19. The summed E-state index contributed by atoms with van der Waals surface area (Å²) in [4.78, 5) is 19.2. The molecule has 1 amide bonds. The summed E-state index contributed by atoms with van der Waals surface area (Å²) in [6.07, 6.45) is -0.539. The van der Waals surface area contributed by atoms with Crippen LogP contribution in [0.3, 0.4) is 0 Å². The number of ether oxygens (including phenoxy) is 2. The van der Waals surface area contributed by atoms with Crippen molar-refractivity contribution in [3.05, 3.63) is 84.4 Å². The van der Waals surface area contributed by atoms with E-state index in [0.717, 1.165) is 22.6 Å². The molecular weight excluding hydrogens is 449 g/mol. The van der Waals surface area contributed by atoms with Crippen molar-refractivity contribution in [1.82, 2.24) is 9.55 Å². The lowest BCUT2D eigenvalue weighted by molar-refractivity contribution is -0.117. The van der Waals surface area contributed by atoms with E-state index < -0.39 is 6.10 Å². The highest BCUT2D eigenvalue weighted by Gasteiger charge is 2.35. The number of fused-ring (bicyclic) bond motifs is 1. The third-order valence-corrected chi connectivity index (χ3v) is 6.19. The summed E-state index contributed by atoms with van der Waals surface area (Å²) in [5.74, 6) is 1.43. The van der Waals surface area contributed by atoms with E-state index in [1.807, 2.05) is 28.8 Å². The van der Waals surface area contributed by atoms with E-state index in [-0.39, 0.29) is 37.2 Å². The highest BCUT2D eigenvalue weighted by molar-refractivity contribution is 5.96. The Bertz CT molecular complexity index is 1340. The minimum absolute atomic E-state index is 0.0809. The number of halogens is 1. The Kier molecular flexibility index (Phi) is 6.37. The van der Waals surface area contributed by atoms with Crippen LogP contribution >= 0.6 is 0 Å². The Morgan fingerprint density at radius 3 is 2.63 bits per heavy atom. The molecule has 0 radical (unpaired) electrons. The first kappa shape index (κ1) is 22.9. The maximum atomic E-state index is 13.7. The lowest BCUT2D eigenvalue weighted by Crippen LogP contribution is -2.26. The maximum Gasteiger partial charge on any atom is 0.227 e. The van der Waals surface area contributed by atoms with E-state index in [1.165, 1.54) is 12.1 Å². The number of anilines is 1. The predicted octanol–water partition coefficient (Wildman–Crippen LogP) is 4.14. The van der Waals surface area contributed by atoms with Crippen LogP contribution < -0.4 is 14.4 Å². The van der Waals surface area contributed by atoms with Crippen LogP contribution in [0, 0.1) is 5.82 Å². The van der Waals surface area contributed by atoms with Gasteiger partial charge in [-0.1, -0.05) is 18.2 Å². The van der Waals surface area contributed by atoms with Gasteiger partial charge >= 0.3 is 0 Å². The van der Waals surface area contributed by atoms with Gasteiger partial charge in [-0.2, -0.15) is 0 Å². The van der Waals surface area contributed by atoms with Gasteiger partial charge in [0.1, 0.15) is 35.9 Å². The summed E-state index contributed by atoms with van der Waals surface area (Å²) in [7, 11) is 1.60. The number of hydrogen-bond donors (Lipinski definition) is 1. The second-order valence-electron chi connectivity index (χ2n) is 8.59. The molecule has 35 heavy (non-hydrogen) atoms. The van der Waals surface area contributed by atoms with Gasteiger partial charge in [-0.25, -0.2) is 9.37 Å². The van der Waals surface area contributed by atoms with Crippen molar-refractivity contribution in [2.75, 3.05) is 25.2 Å². The normalized spacial score (nSPS) is 16.6. The molecule has 4 aromatic rings. The number of rotatable bonds is 8. The van der Waals surface area contributed by atoms with Crippen LogP contribution in [-0.2, 0) is 11.3 Å². The van der Waals surface area contributed by atoms with Gasteiger partial charge in [0, 0.05) is 24.6 Å². The number of para-hydroxylation sites is 2. The predicted molar refractivity (Wildman–Crippen MR) is 130 cm³/mol. The SMILES string of the molecule is COc1ccc(OC[C@H](O)Cn2c([C@H]3CC(=O)N(c4cccc(F)c4)C3)nc3ccccc32)cc1. The Labute approximate surface area is 202 Å². The number of hydrogen-bond acceptors (Lipinski definition) is 5. The molecule has 8 heteroatoms. The summed E-state index contributed by atoms with van der Waals surface area (Å²) in [6, 6.07) is 20.9. The highest BCUT2D eigenvalue weighted by Crippen LogP contribution is 2.33. The molecule has 1 saturated heterocycles. The molecule has 0 spiro atoms. The smallest absolute Gasteiger partial charge is 0.227 e. The summed E-state index contributed by atoms with van der Waals surface area (Å²) < 4.78 is 26.6. The molecular formula is C27H26FN3O4. The van der Waals surface area contributed by atoms with Gasteiger partial charge < -0.3 is 24.0 Å². The summed E-state index contributed by atoms with van der Waals surface area (Å²) >= 11 is 0. The fourth-order valence-electron chi connectivity index (χ4n) is 4.50. The second-order valence-corrected chi connectivity index (χ2v) is 8.59. The molecule has 1 aliphatic heterocycles. The number of imidazole rings is 1. The van der Waals surface area contributed by atoms with Crippen molar-refractivity contribution in [3.8, 4) is 11.5 Å². The molecule has 0 bridgehead atoms. The highest BCUT2D eigenvalue weighted by atomic mass is 19.1. The molecule has 0 saturated carbocycles.